The summed E-state index contributed by atoms with van der Waals surface area (Å²) >= 11 is 0. The number of nitrogens with two attached hydrogens (primary N) is 1. The highest BCUT2D eigenvalue weighted by molar-refractivity contribution is 5.78. The van der Waals surface area contributed by atoms with Gasteiger partial charge in [0, 0.05) is 38.1 Å². The number of hydrogen-bond donors (Lipinski definition) is 2. The Morgan fingerprint density at radius 3 is 2.28 bits per heavy atom. The minimum absolute atomic E-state index is 0.504. The van der Waals surface area contributed by atoms with Crippen molar-refractivity contribution in [1.82, 2.24) is 15.0 Å². The second-order valence-corrected chi connectivity index (χ2v) is 7.52. The van der Waals surface area contributed by atoms with Gasteiger partial charge in [-0.2, -0.15) is 0 Å². The molecule has 3 aromatic rings. The summed E-state index contributed by atoms with van der Waals surface area (Å²) in [4.78, 5) is 17.7. The molecule has 3 heterocycles. The van der Waals surface area contributed by atoms with Crippen LogP contribution in [0.2, 0.25) is 0 Å². The number of nitrogens with zero attached hydrogens (tertiary/aromatic N) is 5. The van der Waals surface area contributed by atoms with E-state index in [0.29, 0.717) is 17.4 Å². The zero-order chi connectivity index (χ0) is 20.2. The van der Waals surface area contributed by atoms with Gasteiger partial charge in [-0.25, -0.2) is 15.0 Å². The van der Waals surface area contributed by atoms with Crippen LogP contribution in [0.25, 0.3) is 0 Å². The fourth-order valence-corrected chi connectivity index (χ4v) is 3.51. The minimum Gasteiger partial charge on any atom is -0.393 e. The highest BCUT2D eigenvalue weighted by atomic mass is 15.3. The normalized spacial score (nSPS) is 14.3. The third-order valence-corrected chi connectivity index (χ3v) is 5.26. The van der Waals surface area contributed by atoms with Crippen LogP contribution < -0.4 is 20.9 Å². The number of pyridine rings is 1. The molecule has 1 aliphatic heterocycles. The summed E-state index contributed by atoms with van der Waals surface area (Å²) in [7, 11) is 0. The number of benzene rings is 1. The van der Waals surface area contributed by atoms with Crippen LogP contribution in [0.4, 0.5) is 28.8 Å². The van der Waals surface area contributed by atoms with E-state index in [1.807, 2.05) is 24.4 Å². The number of rotatable bonds is 5. The summed E-state index contributed by atoms with van der Waals surface area (Å²) in [6.07, 6.45) is 3.40. The lowest BCUT2D eigenvalue weighted by molar-refractivity contribution is 0.642. The van der Waals surface area contributed by atoms with E-state index in [4.69, 9.17) is 5.73 Å². The average Bonchev–Trinajstić information content (AvgIpc) is 2.76. The molecular weight excluding hydrogens is 362 g/mol. The van der Waals surface area contributed by atoms with Crippen LogP contribution >= 0.6 is 0 Å². The maximum absolute atomic E-state index is 6.43. The zero-order valence-corrected chi connectivity index (χ0v) is 16.9. The fraction of sp³-hybridized carbons (Fsp3) is 0.318. The predicted octanol–water partition coefficient (Wildman–Crippen LogP) is 3.65. The molecule has 29 heavy (non-hydrogen) atoms. The standard InChI is InChI=1S/C22H27N7/c1-16(2)17-6-8-18(9-7-17)27-21-20(23)22(26-15-25-21)29-13-11-28(12-14-29)19-5-3-4-10-24-19/h3-10,15-16H,11-14,23H2,1-2H3,(H,25,26,27). The van der Waals surface area contributed by atoms with Gasteiger partial charge in [-0.3, -0.25) is 0 Å². The molecule has 7 nitrogen and oxygen atoms in total. The van der Waals surface area contributed by atoms with Gasteiger partial charge < -0.3 is 20.9 Å². The summed E-state index contributed by atoms with van der Waals surface area (Å²) in [5.41, 5.74) is 9.27. The molecule has 0 radical (unpaired) electrons. The smallest absolute Gasteiger partial charge is 0.159 e. The van der Waals surface area contributed by atoms with Gasteiger partial charge in [0.2, 0.25) is 0 Å². The highest BCUT2D eigenvalue weighted by Gasteiger charge is 2.22. The Morgan fingerprint density at radius 1 is 0.897 bits per heavy atom. The molecule has 150 valence electrons. The molecule has 0 bridgehead atoms. The van der Waals surface area contributed by atoms with Crippen molar-refractivity contribution in [2.75, 3.05) is 47.0 Å². The largest absolute Gasteiger partial charge is 0.393 e. The summed E-state index contributed by atoms with van der Waals surface area (Å²) < 4.78 is 0. The molecule has 2 aromatic heterocycles. The first-order valence-corrected chi connectivity index (χ1v) is 10.00. The molecular formula is C22H27N7. The predicted molar refractivity (Wildman–Crippen MR) is 119 cm³/mol. The quantitative estimate of drug-likeness (QED) is 0.689. The maximum Gasteiger partial charge on any atom is 0.159 e. The van der Waals surface area contributed by atoms with Crippen molar-refractivity contribution in [3.05, 3.63) is 60.6 Å². The van der Waals surface area contributed by atoms with E-state index in [1.165, 1.54) is 5.56 Å². The summed E-state index contributed by atoms with van der Waals surface area (Å²) in [5, 5.41) is 3.33. The number of aromatic nitrogens is 3. The summed E-state index contributed by atoms with van der Waals surface area (Å²) in [6, 6.07) is 14.4. The molecule has 1 aliphatic rings. The molecule has 0 amide bonds. The second-order valence-electron chi connectivity index (χ2n) is 7.52. The van der Waals surface area contributed by atoms with E-state index < -0.39 is 0 Å². The van der Waals surface area contributed by atoms with Crippen LogP contribution in [-0.4, -0.2) is 41.1 Å². The van der Waals surface area contributed by atoms with E-state index in [9.17, 15) is 0 Å². The van der Waals surface area contributed by atoms with Crippen molar-refractivity contribution in [2.45, 2.75) is 19.8 Å². The number of piperazine rings is 1. The topological polar surface area (TPSA) is 83.2 Å². The van der Waals surface area contributed by atoms with Crippen molar-refractivity contribution in [3.8, 4) is 0 Å². The number of nitrogen functional groups attached to an aromatic ring is 1. The summed E-state index contributed by atoms with van der Waals surface area (Å²) in [6.45, 7) is 7.79. The number of nitrogens with one attached hydrogen (secondary N) is 1. The molecule has 0 atom stereocenters. The Balaban J connectivity index is 1.46. The fourth-order valence-electron chi connectivity index (χ4n) is 3.51. The van der Waals surface area contributed by atoms with Gasteiger partial charge in [0.15, 0.2) is 11.6 Å². The van der Waals surface area contributed by atoms with Crippen LogP contribution in [0.3, 0.4) is 0 Å². The molecule has 0 aliphatic carbocycles. The van der Waals surface area contributed by atoms with E-state index in [-0.39, 0.29) is 0 Å². The Morgan fingerprint density at radius 2 is 1.62 bits per heavy atom. The van der Waals surface area contributed by atoms with Crippen LogP contribution in [0, 0.1) is 0 Å². The zero-order valence-electron chi connectivity index (χ0n) is 16.9. The van der Waals surface area contributed by atoms with Crippen LogP contribution in [-0.2, 0) is 0 Å². The van der Waals surface area contributed by atoms with E-state index in [2.05, 4.69) is 68.2 Å². The van der Waals surface area contributed by atoms with Gasteiger partial charge in [-0.15, -0.1) is 0 Å². The SMILES string of the molecule is CC(C)c1ccc(Nc2ncnc(N3CCN(c4ccccn4)CC3)c2N)cc1. The lowest BCUT2D eigenvalue weighted by Crippen LogP contribution is -2.47. The third-order valence-electron chi connectivity index (χ3n) is 5.26. The first-order chi connectivity index (χ1) is 14.1. The van der Waals surface area contributed by atoms with E-state index in [1.54, 1.807) is 6.33 Å². The van der Waals surface area contributed by atoms with Crippen molar-refractivity contribution >= 4 is 28.8 Å². The van der Waals surface area contributed by atoms with Gasteiger partial charge in [0.25, 0.3) is 0 Å². The minimum atomic E-state index is 0.504. The van der Waals surface area contributed by atoms with Crippen molar-refractivity contribution < 1.29 is 0 Å². The first-order valence-electron chi connectivity index (χ1n) is 10.00. The monoisotopic (exact) mass is 389 g/mol. The molecule has 7 heteroatoms. The Hall–Kier alpha value is -3.35. The van der Waals surface area contributed by atoms with Crippen molar-refractivity contribution in [3.63, 3.8) is 0 Å². The molecule has 1 fully saturated rings. The van der Waals surface area contributed by atoms with Crippen LogP contribution in [0.1, 0.15) is 25.3 Å². The van der Waals surface area contributed by atoms with E-state index in [0.717, 1.165) is 43.5 Å². The summed E-state index contributed by atoms with van der Waals surface area (Å²) in [5.74, 6) is 2.93. The van der Waals surface area contributed by atoms with E-state index >= 15 is 0 Å². The van der Waals surface area contributed by atoms with Gasteiger partial charge in [-0.05, 0) is 35.7 Å². The van der Waals surface area contributed by atoms with Gasteiger partial charge in [0.05, 0.1) is 0 Å². The van der Waals surface area contributed by atoms with Crippen molar-refractivity contribution in [1.29, 1.82) is 0 Å². The average molecular weight is 390 g/mol. The first kappa shape index (κ1) is 19.0. The van der Waals surface area contributed by atoms with Crippen LogP contribution in [0.15, 0.2) is 55.0 Å². The molecule has 0 spiro atoms. The Labute approximate surface area is 171 Å². The van der Waals surface area contributed by atoms with Gasteiger partial charge in [0.1, 0.15) is 17.8 Å². The van der Waals surface area contributed by atoms with Crippen molar-refractivity contribution in [2.24, 2.45) is 0 Å². The lowest BCUT2D eigenvalue weighted by Gasteiger charge is -2.36. The maximum atomic E-state index is 6.43. The lowest BCUT2D eigenvalue weighted by atomic mass is 10.0. The Bertz CT molecular complexity index is 933. The Kier molecular flexibility index (Phi) is 5.46. The highest BCUT2D eigenvalue weighted by Crippen LogP contribution is 2.30. The number of anilines is 5. The van der Waals surface area contributed by atoms with Gasteiger partial charge in [-0.1, -0.05) is 32.0 Å². The second kappa shape index (κ2) is 8.34. The molecule has 4 rings (SSSR count). The molecule has 1 aromatic carbocycles. The molecule has 1 saturated heterocycles. The molecule has 0 unspecified atom stereocenters. The van der Waals surface area contributed by atoms with Crippen LogP contribution in [0.5, 0.6) is 0 Å². The molecule has 3 N–H and O–H groups in total. The number of hydrogen-bond acceptors (Lipinski definition) is 7. The third kappa shape index (κ3) is 4.23. The van der Waals surface area contributed by atoms with Gasteiger partial charge >= 0.3 is 0 Å². The molecule has 0 saturated carbocycles.